The zero-order valence-corrected chi connectivity index (χ0v) is 13.8. The van der Waals surface area contributed by atoms with Gasteiger partial charge >= 0.3 is 0 Å². The predicted octanol–water partition coefficient (Wildman–Crippen LogP) is 3.42. The smallest absolute Gasteiger partial charge is 0.154 e. The molecule has 0 saturated heterocycles. The molecule has 0 aliphatic heterocycles. The Bertz CT molecular complexity index is 849. The Labute approximate surface area is 141 Å². The molecule has 2 aromatic heterocycles. The minimum absolute atomic E-state index is 0.139. The fourth-order valence-corrected chi connectivity index (χ4v) is 3.38. The van der Waals surface area contributed by atoms with Crippen LogP contribution < -0.4 is 5.32 Å². The van der Waals surface area contributed by atoms with E-state index in [0.717, 1.165) is 48.4 Å². The highest BCUT2D eigenvalue weighted by Crippen LogP contribution is 2.24. The lowest BCUT2D eigenvalue weighted by Crippen LogP contribution is -2.28. The van der Waals surface area contributed by atoms with Gasteiger partial charge in [-0.1, -0.05) is 23.8 Å². The van der Waals surface area contributed by atoms with E-state index in [1.807, 2.05) is 22.8 Å². The van der Waals surface area contributed by atoms with Crippen LogP contribution in [-0.4, -0.2) is 31.9 Å². The molecule has 0 bridgehead atoms. The van der Waals surface area contributed by atoms with Gasteiger partial charge in [0.1, 0.15) is 5.82 Å². The number of rotatable bonds is 3. The van der Waals surface area contributed by atoms with E-state index in [2.05, 4.69) is 41.5 Å². The standard InChI is InChI=1S/C19H22N4O/c1-13-3-2-4-14(11-13)17-12-20-19-10-9-18(22-23(17)19)21-15-5-7-16(24)8-6-15/h2-4,9-12,15-16,24H,5-8H2,1H3,(H,21,22)/t15-,16-. The lowest BCUT2D eigenvalue weighted by molar-refractivity contribution is 0.126. The number of fused-ring (bicyclic) bond motifs is 1. The van der Waals surface area contributed by atoms with Gasteiger partial charge in [-0.3, -0.25) is 0 Å². The molecule has 124 valence electrons. The largest absolute Gasteiger partial charge is 0.393 e. The Kier molecular flexibility index (Phi) is 3.94. The first kappa shape index (κ1) is 15.1. The predicted molar refractivity (Wildman–Crippen MR) is 95.0 cm³/mol. The number of hydrogen-bond donors (Lipinski definition) is 2. The summed E-state index contributed by atoms with van der Waals surface area (Å²) < 4.78 is 1.90. The fourth-order valence-electron chi connectivity index (χ4n) is 3.38. The number of aliphatic hydroxyl groups excluding tert-OH is 1. The molecule has 1 aromatic carbocycles. The molecule has 24 heavy (non-hydrogen) atoms. The lowest BCUT2D eigenvalue weighted by atomic mass is 9.93. The zero-order valence-electron chi connectivity index (χ0n) is 13.8. The summed E-state index contributed by atoms with van der Waals surface area (Å²) in [7, 11) is 0. The van der Waals surface area contributed by atoms with E-state index >= 15 is 0 Å². The third kappa shape index (κ3) is 2.99. The molecule has 4 rings (SSSR count). The number of nitrogens with one attached hydrogen (secondary N) is 1. The zero-order chi connectivity index (χ0) is 16.5. The molecular weight excluding hydrogens is 300 g/mol. The van der Waals surface area contributed by atoms with E-state index in [-0.39, 0.29) is 6.10 Å². The van der Waals surface area contributed by atoms with Crippen LogP contribution in [-0.2, 0) is 0 Å². The van der Waals surface area contributed by atoms with Crippen LogP contribution in [0.1, 0.15) is 31.2 Å². The van der Waals surface area contributed by atoms with Gasteiger partial charge in [0.15, 0.2) is 5.65 Å². The summed E-state index contributed by atoms with van der Waals surface area (Å²) >= 11 is 0. The van der Waals surface area contributed by atoms with E-state index in [9.17, 15) is 5.11 Å². The molecule has 1 aliphatic rings. The summed E-state index contributed by atoms with van der Waals surface area (Å²) in [6, 6.07) is 12.7. The van der Waals surface area contributed by atoms with Gasteiger partial charge in [0.25, 0.3) is 0 Å². The Hall–Kier alpha value is -2.40. The van der Waals surface area contributed by atoms with Crippen LogP contribution in [0.25, 0.3) is 16.9 Å². The molecule has 0 atom stereocenters. The maximum atomic E-state index is 9.64. The number of benzene rings is 1. The molecule has 1 aliphatic carbocycles. The van der Waals surface area contributed by atoms with Crippen molar-refractivity contribution in [2.24, 2.45) is 0 Å². The summed E-state index contributed by atoms with van der Waals surface area (Å²) in [6.45, 7) is 2.09. The Morgan fingerprint density at radius 3 is 2.75 bits per heavy atom. The number of nitrogens with zero attached hydrogens (tertiary/aromatic N) is 3. The van der Waals surface area contributed by atoms with Crippen molar-refractivity contribution in [1.82, 2.24) is 14.6 Å². The fraction of sp³-hybridized carbons (Fsp3) is 0.368. The molecule has 5 nitrogen and oxygen atoms in total. The molecular formula is C19H22N4O. The summed E-state index contributed by atoms with van der Waals surface area (Å²) in [4.78, 5) is 4.46. The summed E-state index contributed by atoms with van der Waals surface area (Å²) in [5.74, 6) is 0.857. The molecule has 0 unspecified atom stereocenters. The topological polar surface area (TPSA) is 62.5 Å². The molecule has 1 fully saturated rings. The third-order valence-corrected chi connectivity index (χ3v) is 4.72. The van der Waals surface area contributed by atoms with E-state index in [0.29, 0.717) is 6.04 Å². The minimum atomic E-state index is -0.139. The maximum Gasteiger partial charge on any atom is 0.154 e. The minimum Gasteiger partial charge on any atom is -0.393 e. The Morgan fingerprint density at radius 1 is 1.12 bits per heavy atom. The van der Waals surface area contributed by atoms with Gasteiger partial charge < -0.3 is 10.4 Å². The summed E-state index contributed by atoms with van der Waals surface area (Å²) in [5, 5.41) is 17.9. The second-order valence-corrected chi connectivity index (χ2v) is 6.65. The molecule has 0 amide bonds. The van der Waals surface area contributed by atoms with Crippen LogP contribution in [0.3, 0.4) is 0 Å². The van der Waals surface area contributed by atoms with E-state index in [1.54, 1.807) is 0 Å². The number of hydrogen-bond acceptors (Lipinski definition) is 4. The monoisotopic (exact) mass is 322 g/mol. The molecule has 2 heterocycles. The van der Waals surface area contributed by atoms with E-state index < -0.39 is 0 Å². The van der Waals surface area contributed by atoms with Crippen LogP contribution in [0.2, 0.25) is 0 Å². The first-order valence-electron chi connectivity index (χ1n) is 8.55. The van der Waals surface area contributed by atoms with Crippen molar-refractivity contribution in [3.8, 4) is 11.3 Å². The molecule has 5 heteroatoms. The van der Waals surface area contributed by atoms with Crippen molar-refractivity contribution in [3.05, 3.63) is 48.2 Å². The summed E-state index contributed by atoms with van der Waals surface area (Å²) in [6.07, 6.45) is 5.42. The first-order valence-corrected chi connectivity index (χ1v) is 8.55. The van der Waals surface area contributed by atoms with Crippen molar-refractivity contribution in [2.45, 2.75) is 44.8 Å². The molecule has 1 saturated carbocycles. The number of anilines is 1. The Morgan fingerprint density at radius 2 is 1.96 bits per heavy atom. The van der Waals surface area contributed by atoms with Crippen LogP contribution in [0.15, 0.2) is 42.6 Å². The third-order valence-electron chi connectivity index (χ3n) is 4.72. The molecule has 0 spiro atoms. The van der Waals surface area contributed by atoms with Crippen molar-refractivity contribution in [1.29, 1.82) is 0 Å². The lowest BCUT2D eigenvalue weighted by Gasteiger charge is -2.26. The van der Waals surface area contributed by atoms with Gasteiger partial charge in [0.05, 0.1) is 18.0 Å². The second-order valence-electron chi connectivity index (χ2n) is 6.65. The van der Waals surface area contributed by atoms with Crippen molar-refractivity contribution < 1.29 is 5.11 Å². The number of aliphatic hydroxyl groups is 1. The van der Waals surface area contributed by atoms with Crippen molar-refractivity contribution in [3.63, 3.8) is 0 Å². The normalized spacial score (nSPS) is 21.1. The van der Waals surface area contributed by atoms with E-state index in [1.165, 1.54) is 5.56 Å². The van der Waals surface area contributed by atoms with Crippen LogP contribution in [0.5, 0.6) is 0 Å². The van der Waals surface area contributed by atoms with Crippen LogP contribution in [0, 0.1) is 6.92 Å². The van der Waals surface area contributed by atoms with Crippen LogP contribution in [0.4, 0.5) is 5.82 Å². The Balaban J connectivity index is 1.63. The quantitative estimate of drug-likeness (QED) is 0.775. The van der Waals surface area contributed by atoms with E-state index in [4.69, 9.17) is 5.10 Å². The van der Waals surface area contributed by atoms with Crippen LogP contribution >= 0.6 is 0 Å². The second kappa shape index (κ2) is 6.24. The van der Waals surface area contributed by atoms with Gasteiger partial charge in [0.2, 0.25) is 0 Å². The maximum absolute atomic E-state index is 9.64. The number of imidazole rings is 1. The van der Waals surface area contributed by atoms with Crippen molar-refractivity contribution >= 4 is 11.5 Å². The highest BCUT2D eigenvalue weighted by molar-refractivity contribution is 5.64. The first-order chi connectivity index (χ1) is 11.7. The van der Waals surface area contributed by atoms with Crippen molar-refractivity contribution in [2.75, 3.05) is 5.32 Å². The highest BCUT2D eigenvalue weighted by Gasteiger charge is 2.19. The van der Waals surface area contributed by atoms with Gasteiger partial charge in [-0.25, -0.2) is 9.50 Å². The highest BCUT2D eigenvalue weighted by atomic mass is 16.3. The average molecular weight is 322 g/mol. The average Bonchev–Trinajstić information content (AvgIpc) is 3.00. The van der Waals surface area contributed by atoms with Gasteiger partial charge in [-0.2, -0.15) is 0 Å². The number of aryl methyl sites for hydroxylation is 1. The number of aromatic nitrogens is 3. The van der Waals surface area contributed by atoms with Gasteiger partial charge in [-0.05, 0) is 50.8 Å². The molecule has 3 aromatic rings. The molecule has 0 radical (unpaired) electrons. The molecule has 2 N–H and O–H groups in total. The summed E-state index contributed by atoms with van der Waals surface area (Å²) in [5.41, 5.74) is 4.18. The van der Waals surface area contributed by atoms with Gasteiger partial charge in [-0.15, -0.1) is 5.10 Å². The van der Waals surface area contributed by atoms with Gasteiger partial charge in [0, 0.05) is 11.6 Å². The SMILES string of the molecule is Cc1cccc(-c2cnc3ccc(N[C@H]4CC[C@H](O)CC4)nn23)c1.